The van der Waals surface area contributed by atoms with Crippen molar-refractivity contribution in [1.29, 1.82) is 0 Å². The van der Waals surface area contributed by atoms with Crippen LogP contribution < -0.4 is 0 Å². The lowest BCUT2D eigenvalue weighted by Crippen LogP contribution is -2.39. The zero-order valence-corrected chi connectivity index (χ0v) is 9.24. The number of ether oxygens (including phenoxy) is 2. The van der Waals surface area contributed by atoms with Crippen LogP contribution in [-0.2, 0) is 9.47 Å². The Hall–Kier alpha value is -0.120. The summed E-state index contributed by atoms with van der Waals surface area (Å²) in [6.07, 6.45) is 4.16. The number of unbranched alkanes of at least 4 members (excludes halogenated alkanes) is 1. The summed E-state index contributed by atoms with van der Waals surface area (Å²) in [7, 11) is 0. The van der Waals surface area contributed by atoms with Crippen molar-refractivity contribution in [3.05, 3.63) is 0 Å². The normalized spacial score (nSPS) is 30.2. The first kappa shape index (κ1) is 12.0. The van der Waals surface area contributed by atoms with E-state index in [1.54, 1.807) is 0 Å². The van der Waals surface area contributed by atoms with Gasteiger partial charge in [0.2, 0.25) is 0 Å². The van der Waals surface area contributed by atoms with E-state index in [1.165, 1.54) is 12.8 Å². The van der Waals surface area contributed by atoms with Gasteiger partial charge in [0.25, 0.3) is 0 Å². The van der Waals surface area contributed by atoms with Crippen LogP contribution >= 0.6 is 0 Å². The highest BCUT2D eigenvalue weighted by Gasteiger charge is 2.26. The van der Waals surface area contributed by atoms with E-state index in [4.69, 9.17) is 9.47 Å². The summed E-state index contributed by atoms with van der Waals surface area (Å²) in [6, 6.07) is 0. The summed E-state index contributed by atoms with van der Waals surface area (Å²) in [5, 5.41) is 9.21. The Morgan fingerprint density at radius 2 is 1.93 bits per heavy atom. The Bertz CT molecular complexity index is 139. The molecule has 0 spiro atoms. The standard InChI is InChI=1S/C11H22O3/c1-3-5-6-9(4-2)11-13-7-10(12)8-14-11/h9-12H,3-8H2,1-2H3/t9-,10?,11?/m1/s1. The smallest absolute Gasteiger partial charge is 0.160 e. The van der Waals surface area contributed by atoms with Crippen molar-refractivity contribution in [2.45, 2.75) is 51.9 Å². The molecule has 1 saturated heterocycles. The van der Waals surface area contributed by atoms with E-state index in [2.05, 4.69) is 13.8 Å². The predicted octanol–water partition coefficient (Wildman–Crippen LogP) is 1.94. The van der Waals surface area contributed by atoms with E-state index in [9.17, 15) is 5.11 Å². The average molecular weight is 202 g/mol. The molecule has 1 aliphatic heterocycles. The number of rotatable bonds is 5. The fourth-order valence-corrected chi connectivity index (χ4v) is 1.78. The Kier molecular flexibility index (Phi) is 5.45. The molecule has 1 N–H and O–H groups in total. The van der Waals surface area contributed by atoms with Gasteiger partial charge < -0.3 is 14.6 Å². The van der Waals surface area contributed by atoms with Crippen LogP contribution in [-0.4, -0.2) is 30.7 Å². The highest BCUT2D eigenvalue weighted by molar-refractivity contribution is 4.67. The van der Waals surface area contributed by atoms with Gasteiger partial charge in [-0.3, -0.25) is 0 Å². The molecule has 0 unspecified atom stereocenters. The number of hydrogen-bond donors (Lipinski definition) is 1. The highest BCUT2D eigenvalue weighted by atomic mass is 16.7. The Balaban J connectivity index is 2.29. The fraction of sp³-hybridized carbons (Fsp3) is 1.00. The van der Waals surface area contributed by atoms with E-state index < -0.39 is 6.10 Å². The third-order valence-corrected chi connectivity index (χ3v) is 2.74. The molecule has 0 radical (unpaired) electrons. The lowest BCUT2D eigenvalue weighted by molar-refractivity contribution is -0.238. The molecular weight excluding hydrogens is 180 g/mol. The summed E-state index contributed by atoms with van der Waals surface area (Å²) in [5.74, 6) is 0.488. The second-order valence-electron chi connectivity index (χ2n) is 4.00. The van der Waals surface area contributed by atoms with Crippen molar-refractivity contribution in [3.63, 3.8) is 0 Å². The molecule has 1 fully saturated rings. The van der Waals surface area contributed by atoms with Gasteiger partial charge in [-0.15, -0.1) is 0 Å². The molecule has 0 amide bonds. The maximum Gasteiger partial charge on any atom is 0.160 e. The number of aliphatic hydroxyl groups is 1. The van der Waals surface area contributed by atoms with E-state index in [-0.39, 0.29) is 6.29 Å². The van der Waals surface area contributed by atoms with Crippen LogP contribution in [0.15, 0.2) is 0 Å². The summed E-state index contributed by atoms with van der Waals surface area (Å²) >= 11 is 0. The fourth-order valence-electron chi connectivity index (χ4n) is 1.78. The number of hydrogen-bond acceptors (Lipinski definition) is 3. The molecular formula is C11H22O3. The molecule has 0 saturated carbocycles. The Morgan fingerprint density at radius 3 is 2.43 bits per heavy atom. The van der Waals surface area contributed by atoms with Crippen LogP contribution in [0.3, 0.4) is 0 Å². The van der Waals surface area contributed by atoms with Crippen LogP contribution in [0.1, 0.15) is 39.5 Å². The van der Waals surface area contributed by atoms with Gasteiger partial charge in [0.1, 0.15) is 6.10 Å². The molecule has 0 aromatic rings. The average Bonchev–Trinajstić information content (AvgIpc) is 2.21. The summed E-state index contributed by atoms with van der Waals surface area (Å²) in [5.41, 5.74) is 0. The van der Waals surface area contributed by atoms with E-state index in [1.807, 2.05) is 0 Å². The molecule has 3 nitrogen and oxygen atoms in total. The van der Waals surface area contributed by atoms with Gasteiger partial charge in [-0.25, -0.2) is 0 Å². The van der Waals surface area contributed by atoms with Gasteiger partial charge in [-0.2, -0.15) is 0 Å². The largest absolute Gasteiger partial charge is 0.388 e. The van der Waals surface area contributed by atoms with Crippen molar-refractivity contribution in [2.75, 3.05) is 13.2 Å². The lowest BCUT2D eigenvalue weighted by atomic mass is 9.98. The first-order valence-corrected chi connectivity index (χ1v) is 5.69. The first-order chi connectivity index (χ1) is 6.77. The zero-order valence-electron chi connectivity index (χ0n) is 9.24. The summed E-state index contributed by atoms with van der Waals surface area (Å²) in [6.45, 7) is 5.21. The molecule has 0 bridgehead atoms. The Labute approximate surface area is 86.4 Å². The first-order valence-electron chi connectivity index (χ1n) is 5.69. The molecule has 1 atom stereocenters. The van der Waals surface area contributed by atoms with Gasteiger partial charge in [0, 0.05) is 5.92 Å². The maximum atomic E-state index is 9.21. The van der Waals surface area contributed by atoms with Crippen molar-refractivity contribution in [3.8, 4) is 0 Å². The molecule has 1 aliphatic rings. The second-order valence-corrected chi connectivity index (χ2v) is 4.00. The monoisotopic (exact) mass is 202 g/mol. The summed E-state index contributed by atoms with van der Waals surface area (Å²) in [4.78, 5) is 0. The summed E-state index contributed by atoms with van der Waals surface area (Å²) < 4.78 is 10.9. The van der Waals surface area contributed by atoms with Gasteiger partial charge in [0.05, 0.1) is 13.2 Å². The van der Waals surface area contributed by atoms with Gasteiger partial charge in [-0.05, 0) is 12.8 Å². The van der Waals surface area contributed by atoms with Crippen LogP contribution in [0, 0.1) is 5.92 Å². The second kappa shape index (κ2) is 6.38. The topological polar surface area (TPSA) is 38.7 Å². The third-order valence-electron chi connectivity index (χ3n) is 2.74. The van der Waals surface area contributed by atoms with Crippen LogP contribution in [0.2, 0.25) is 0 Å². The molecule has 0 aromatic carbocycles. The van der Waals surface area contributed by atoms with Gasteiger partial charge >= 0.3 is 0 Å². The Morgan fingerprint density at radius 1 is 1.29 bits per heavy atom. The maximum absolute atomic E-state index is 9.21. The third kappa shape index (κ3) is 3.56. The SMILES string of the molecule is CCCC[C@@H](CC)C1OCC(O)CO1. The van der Waals surface area contributed by atoms with Crippen LogP contribution in [0.5, 0.6) is 0 Å². The molecule has 84 valence electrons. The quantitative estimate of drug-likeness (QED) is 0.740. The minimum Gasteiger partial charge on any atom is -0.388 e. The molecule has 3 heteroatoms. The molecule has 0 aromatic heterocycles. The minimum atomic E-state index is -0.435. The minimum absolute atomic E-state index is 0.0880. The molecule has 0 aliphatic carbocycles. The van der Waals surface area contributed by atoms with E-state index >= 15 is 0 Å². The molecule has 1 rings (SSSR count). The number of aliphatic hydroxyl groups excluding tert-OH is 1. The van der Waals surface area contributed by atoms with Crippen molar-refractivity contribution < 1.29 is 14.6 Å². The van der Waals surface area contributed by atoms with Gasteiger partial charge in [-0.1, -0.05) is 26.7 Å². The van der Waals surface area contributed by atoms with E-state index in [0.717, 1.165) is 12.8 Å². The highest BCUT2D eigenvalue weighted by Crippen LogP contribution is 2.22. The van der Waals surface area contributed by atoms with E-state index in [0.29, 0.717) is 19.1 Å². The molecule has 14 heavy (non-hydrogen) atoms. The van der Waals surface area contributed by atoms with Crippen molar-refractivity contribution in [2.24, 2.45) is 5.92 Å². The van der Waals surface area contributed by atoms with Crippen molar-refractivity contribution in [1.82, 2.24) is 0 Å². The predicted molar refractivity (Wildman–Crippen MR) is 55.0 cm³/mol. The zero-order chi connectivity index (χ0) is 10.4. The van der Waals surface area contributed by atoms with Crippen molar-refractivity contribution >= 4 is 0 Å². The van der Waals surface area contributed by atoms with Crippen LogP contribution in [0.25, 0.3) is 0 Å². The molecule has 1 heterocycles. The lowest BCUT2D eigenvalue weighted by Gasteiger charge is -2.32. The van der Waals surface area contributed by atoms with Crippen LogP contribution in [0.4, 0.5) is 0 Å². The van der Waals surface area contributed by atoms with Gasteiger partial charge in [0.15, 0.2) is 6.29 Å².